The molecule has 1 aliphatic heterocycles. The average Bonchev–Trinajstić information content (AvgIpc) is 3.49. The number of allylic oxidation sites excluding steroid dienone is 1. The topological polar surface area (TPSA) is 18.5 Å². The molecule has 3 heterocycles. The maximum absolute atomic E-state index is 6.80. The molecular formula is C28H34O2S2Si. The van der Waals surface area contributed by atoms with Crippen LogP contribution in [0.4, 0.5) is 0 Å². The van der Waals surface area contributed by atoms with Gasteiger partial charge >= 0.3 is 0 Å². The number of fused-ring (bicyclic) bond motifs is 1. The zero-order valence-corrected chi connectivity index (χ0v) is 23.3. The molecule has 0 N–H and O–H groups in total. The van der Waals surface area contributed by atoms with E-state index in [1.807, 2.05) is 6.07 Å². The Morgan fingerprint density at radius 2 is 1.39 bits per heavy atom. The SMILES string of the molecule is COc1ccc2c(c1)C(c1cccs1)=C(c1cccs1)/C(=C/[Si](C(C)C)(C(C)C)C(C)C)O2. The molecule has 33 heavy (non-hydrogen) atoms. The Kier molecular flexibility index (Phi) is 7.03. The van der Waals surface area contributed by atoms with Crippen molar-refractivity contribution < 1.29 is 9.47 Å². The number of ether oxygens (including phenoxy) is 2. The summed E-state index contributed by atoms with van der Waals surface area (Å²) in [6, 6.07) is 14.9. The van der Waals surface area contributed by atoms with Crippen LogP contribution in [0.15, 0.2) is 64.7 Å². The lowest BCUT2D eigenvalue weighted by Crippen LogP contribution is -2.43. The van der Waals surface area contributed by atoms with Crippen molar-refractivity contribution in [1.82, 2.24) is 0 Å². The highest BCUT2D eigenvalue weighted by Crippen LogP contribution is 2.51. The molecule has 4 rings (SSSR count). The number of hydrogen-bond donors (Lipinski definition) is 0. The monoisotopic (exact) mass is 494 g/mol. The minimum atomic E-state index is -1.86. The fraction of sp³-hybridized carbons (Fsp3) is 0.357. The van der Waals surface area contributed by atoms with Gasteiger partial charge in [0, 0.05) is 26.5 Å². The lowest BCUT2D eigenvalue weighted by molar-refractivity contribution is 0.410. The number of rotatable bonds is 7. The summed E-state index contributed by atoms with van der Waals surface area (Å²) in [5, 5.41) is 4.31. The average molecular weight is 495 g/mol. The molecule has 0 amide bonds. The quantitative estimate of drug-likeness (QED) is 0.305. The first-order valence-corrected chi connectivity index (χ1v) is 15.8. The van der Waals surface area contributed by atoms with E-state index in [1.54, 1.807) is 29.8 Å². The van der Waals surface area contributed by atoms with Gasteiger partial charge < -0.3 is 9.47 Å². The van der Waals surface area contributed by atoms with E-state index in [9.17, 15) is 0 Å². The van der Waals surface area contributed by atoms with Gasteiger partial charge in [-0.3, -0.25) is 0 Å². The molecule has 0 bridgehead atoms. The van der Waals surface area contributed by atoms with Crippen molar-refractivity contribution in [2.24, 2.45) is 0 Å². The van der Waals surface area contributed by atoms with Crippen LogP contribution in [0.3, 0.4) is 0 Å². The summed E-state index contributed by atoms with van der Waals surface area (Å²) >= 11 is 3.56. The molecular weight excluding hydrogens is 461 g/mol. The van der Waals surface area contributed by atoms with Crippen LogP contribution in [-0.2, 0) is 0 Å². The predicted molar refractivity (Wildman–Crippen MR) is 147 cm³/mol. The van der Waals surface area contributed by atoms with Crippen LogP contribution in [0.5, 0.6) is 11.5 Å². The van der Waals surface area contributed by atoms with Crippen molar-refractivity contribution >= 4 is 41.9 Å². The fourth-order valence-corrected chi connectivity index (χ4v) is 12.7. The van der Waals surface area contributed by atoms with E-state index >= 15 is 0 Å². The van der Waals surface area contributed by atoms with Crippen molar-refractivity contribution in [1.29, 1.82) is 0 Å². The number of hydrogen-bond acceptors (Lipinski definition) is 4. The molecule has 0 spiro atoms. The molecule has 5 heteroatoms. The van der Waals surface area contributed by atoms with Crippen molar-refractivity contribution in [2.45, 2.75) is 58.2 Å². The molecule has 0 saturated heterocycles. The van der Waals surface area contributed by atoms with Gasteiger partial charge in [0.05, 0.1) is 15.2 Å². The van der Waals surface area contributed by atoms with E-state index in [0.717, 1.165) is 22.8 Å². The Balaban J connectivity index is 2.09. The summed E-state index contributed by atoms with van der Waals surface area (Å²) in [4.78, 5) is 2.50. The second kappa shape index (κ2) is 9.65. The minimum absolute atomic E-state index is 0.612. The molecule has 2 nitrogen and oxygen atoms in total. The minimum Gasteiger partial charge on any atom is -0.497 e. The molecule has 0 atom stereocenters. The molecule has 0 saturated carbocycles. The lowest BCUT2D eigenvalue weighted by Gasteiger charge is -2.41. The first-order valence-electron chi connectivity index (χ1n) is 11.7. The molecule has 0 aliphatic carbocycles. The van der Waals surface area contributed by atoms with E-state index in [1.165, 1.54) is 20.9 Å². The first-order chi connectivity index (χ1) is 15.8. The standard InChI is InChI=1S/C28H34O2S2Si/c1-18(2)33(19(3)4,20(5)6)17-24-28(26-11-9-15-32-26)27(25-10-8-14-31-25)22-16-21(29-7)12-13-23(22)30-24/h8-20H,1-7H3/b24-17-. The van der Waals surface area contributed by atoms with Gasteiger partial charge in [0.25, 0.3) is 0 Å². The number of benzene rings is 1. The van der Waals surface area contributed by atoms with E-state index in [4.69, 9.17) is 9.47 Å². The highest BCUT2D eigenvalue weighted by molar-refractivity contribution is 7.12. The zero-order chi connectivity index (χ0) is 23.8. The van der Waals surface area contributed by atoms with Gasteiger partial charge in [-0.2, -0.15) is 0 Å². The Labute approximate surface area is 207 Å². The van der Waals surface area contributed by atoms with Gasteiger partial charge in [0.15, 0.2) is 0 Å². The maximum atomic E-state index is 6.80. The summed E-state index contributed by atoms with van der Waals surface area (Å²) < 4.78 is 12.4. The Bertz CT molecular complexity index is 1130. The normalized spacial score (nSPS) is 15.5. The molecule has 2 aromatic heterocycles. The van der Waals surface area contributed by atoms with Crippen LogP contribution in [0, 0.1) is 0 Å². The molecule has 3 aromatic rings. The van der Waals surface area contributed by atoms with Gasteiger partial charge in [-0.05, 0) is 57.7 Å². The lowest BCUT2D eigenvalue weighted by atomic mass is 9.93. The summed E-state index contributed by atoms with van der Waals surface area (Å²) in [7, 11) is -0.139. The zero-order valence-electron chi connectivity index (χ0n) is 20.6. The van der Waals surface area contributed by atoms with Crippen LogP contribution < -0.4 is 9.47 Å². The summed E-state index contributed by atoms with van der Waals surface area (Å²) in [6.07, 6.45) is 0. The molecule has 0 radical (unpaired) electrons. The van der Waals surface area contributed by atoms with E-state index in [-0.39, 0.29) is 0 Å². The van der Waals surface area contributed by atoms with Gasteiger partial charge in [-0.1, -0.05) is 59.4 Å². The van der Waals surface area contributed by atoms with Crippen LogP contribution in [0.1, 0.15) is 56.9 Å². The number of thiophene rings is 2. The largest absolute Gasteiger partial charge is 0.497 e. The van der Waals surface area contributed by atoms with E-state index in [2.05, 4.69) is 94.4 Å². The Morgan fingerprint density at radius 3 is 1.88 bits per heavy atom. The van der Waals surface area contributed by atoms with Crippen LogP contribution >= 0.6 is 22.7 Å². The third kappa shape index (κ3) is 4.27. The van der Waals surface area contributed by atoms with Crippen molar-refractivity contribution in [3.05, 3.63) is 80.0 Å². The third-order valence-corrected chi connectivity index (χ3v) is 15.6. The van der Waals surface area contributed by atoms with Gasteiger partial charge in [-0.15, -0.1) is 22.7 Å². The van der Waals surface area contributed by atoms with Crippen LogP contribution in [0.2, 0.25) is 16.6 Å². The van der Waals surface area contributed by atoms with Crippen LogP contribution in [0.25, 0.3) is 11.1 Å². The molecule has 0 unspecified atom stereocenters. The maximum Gasteiger partial charge on any atom is 0.135 e. The highest BCUT2D eigenvalue weighted by atomic mass is 32.1. The molecule has 1 aromatic carbocycles. The van der Waals surface area contributed by atoms with Gasteiger partial charge in [0.2, 0.25) is 0 Å². The second-order valence-electron chi connectivity index (χ2n) is 9.64. The van der Waals surface area contributed by atoms with Crippen molar-refractivity contribution in [3.8, 4) is 11.5 Å². The molecule has 1 aliphatic rings. The highest BCUT2D eigenvalue weighted by Gasteiger charge is 2.43. The molecule has 174 valence electrons. The fourth-order valence-electron chi connectivity index (χ4n) is 5.52. The third-order valence-electron chi connectivity index (χ3n) is 7.09. The summed E-state index contributed by atoms with van der Waals surface area (Å²) in [5.41, 5.74) is 7.98. The second-order valence-corrected chi connectivity index (χ2v) is 17.3. The predicted octanol–water partition coefficient (Wildman–Crippen LogP) is 9.27. The number of methoxy groups -OCH3 is 1. The van der Waals surface area contributed by atoms with E-state index in [0.29, 0.717) is 16.6 Å². The first kappa shape index (κ1) is 24.1. The van der Waals surface area contributed by atoms with Crippen molar-refractivity contribution in [3.63, 3.8) is 0 Å². The smallest absolute Gasteiger partial charge is 0.135 e. The van der Waals surface area contributed by atoms with Gasteiger partial charge in [0.1, 0.15) is 17.3 Å². The van der Waals surface area contributed by atoms with Crippen LogP contribution in [-0.4, -0.2) is 15.2 Å². The summed E-state index contributed by atoms with van der Waals surface area (Å²) in [6.45, 7) is 14.4. The van der Waals surface area contributed by atoms with Gasteiger partial charge in [-0.25, -0.2) is 0 Å². The van der Waals surface area contributed by atoms with E-state index < -0.39 is 8.07 Å². The van der Waals surface area contributed by atoms with Crippen molar-refractivity contribution in [2.75, 3.05) is 7.11 Å². The molecule has 0 fully saturated rings. The Morgan fingerprint density at radius 1 is 0.818 bits per heavy atom. The Hall–Kier alpha value is -2.08. The summed E-state index contributed by atoms with van der Waals surface area (Å²) in [5.74, 6) is 2.78.